The van der Waals surface area contributed by atoms with Gasteiger partial charge < -0.3 is 10.2 Å². The molecule has 1 saturated heterocycles. The minimum atomic E-state index is -1.28. The van der Waals surface area contributed by atoms with Crippen LogP contribution in [0.3, 0.4) is 0 Å². The van der Waals surface area contributed by atoms with Crippen LogP contribution in [0.1, 0.15) is 12.8 Å². The lowest BCUT2D eigenvalue weighted by Gasteiger charge is -2.15. The number of rotatable bonds is 4. The zero-order chi connectivity index (χ0) is 12.3. The molecule has 0 aliphatic carbocycles. The second-order valence-corrected chi connectivity index (χ2v) is 4.07. The number of halogens is 3. The molecule has 0 saturated carbocycles. The summed E-state index contributed by atoms with van der Waals surface area (Å²) >= 11 is 0. The van der Waals surface area contributed by atoms with E-state index in [0.717, 1.165) is 19.6 Å². The van der Waals surface area contributed by atoms with Crippen LogP contribution in [-0.4, -0.2) is 36.1 Å². The van der Waals surface area contributed by atoms with Gasteiger partial charge in [-0.3, -0.25) is 0 Å². The molecule has 6 heteroatoms. The molecule has 0 spiro atoms. The van der Waals surface area contributed by atoms with Crippen LogP contribution in [0.4, 0.5) is 19.0 Å². The molecule has 17 heavy (non-hydrogen) atoms. The van der Waals surface area contributed by atoms with Crippen molar-refractivity contribution in [1.82, 2.24) is 9.88 Å². The molecule has 1 fully saturated rings. The number of hydrogen-bond donors (Lipinski definition) is 1. The SMILES string of the molecule is Fc1cc(F)c(NCCN2CCCC2)nc1F. The van der Waals surface area contributed by atoms with Crippen molar-refractivity contribution in [2.45, 2.75) is 12.8 Å². The Labute approximate surface area is 97.6 Å². The maximum Gasteiger partial charge on any atom is 0.251 e. The summed E-state index contributed by atoms with van der Waals surface area (Å²) in [6, 6.07) is 0.501. The molecule has 1 aliphatic rings. The van der Waals surface area contributed by atoms with Gasteiger partial charge in [0.25, 0.3) is 5.95 Å². The van der Waals surface area contributed by atoms with Gasteiger partial charge in [0.2, 0.25) is 0 Å². The third-order valence-corrected chi connectivity index (χ3v) is 2.81. The van der Waals surface area contributed by atoms with Crippen LogP contribution in [0.5, 0.6) is 0 Å². The largest absolute Gasteiger partial charge is 0.366 e. The van der Waals surface area contributed by atoms with Crippen LogP contribution in [0, 0.1) is 17.6 Å². The van der Waals surface area contributed by atoms with E-state index >= 15 is 0 Å². The summed E-state index contributed by atoms with van der Waals surface area (Å²) in [5.74, 6) is -3.66. The minimum Gasteiger partial charge on any atom is -0.366 e. The van der Waals surface area contributed by atoms with Crippen LogP contribution < -0.4 is 5.32 Å². The Balaban J connectivity index is 1.87. The zero-order valence-corrected chi connectivity index (χ0v) is 9.35. The molecule has 0 bridgehead atoms. The molecule has 2 heterocycles. The molecule has 94 valence electrons. The second-order valence-electron chi connectivity index (χ2n) is 4.07. The third kappa shape index (κ3) is 3.09. The second kappa shape index (κ2) is 5.35. The first kappa shape index (κ1) is 12.2. The summed E-state index contributed by atoms with van der Waals surface area (Å²) in [5.41, 5.74) is 0. The molecule has 1 N–H and O–H groups in total. The van der Waals surface area contributed by atoms with Gasteiger partial charge in [-0.25, -0.2) is 8.78 Å². The highest BCUT2D eigenvalue weighted by atomic mass is 19.2. The van der Waals surface area contributed by atoms with E-state index < -0.39 is 17.6 Å². The molecule has 0 aromatic carbocycles. The predicted molar refractivity (Wildman–Crippen MR) is 58.3 cm³/mol. The number of nitrogens with zero attached hydrogens (tertiary/aromatic N) is 2. The fourth-order valence-corrected chi connectivity index (χ4v) is 1.91. The van der Waals surface area contributed by atoms with Crippen LogP contribution in [0.2, 0.25) is 0 Å². The highest BCUT2D eigenvalue weighted by Crippen LogP contribution is 2.14. The van der Waals surface area contributed by atoms with Gasteiger partial charge in [-0.2, -0.15) is 9.37 Å². The number of hydrogen-bond acceptors (Lipinski definition) is 3. The fraction of sp³-hybridized carbons (Fsp3) is 0.545. The number of nitrogens with one attached hydrogen (secondary N) is 1. The molecular formula is C11H14F3N3. The lowest BCUT2D eigenvalue weighted by Crippen LogP contribution is -2.26. The summed E-state index contributed by atoms with van der Waals surface area (Å²) in [5, 5.41) is 2.67. The van der Waals surface area contributed by atoms with Crippen LogP contribution in [0.25, 0.3) is 0 Å². The first-order valence-corrected chi connectivity index (χ1v) is 5.64. The summed E-state index contributed by atoms with van der Waals surface area (Å²) < 4.78 is 38.6. The van der Waals surface area contributed by atoms with Crippen molar-refractivity contribution in [2.75, 3.05) is 31.5 Å². The third-order valence-electron chi connectivity index (χ3n) is 2.81. The average Bonchev–Trinajstić information content (AvgIpc) is 2.78. The number of aromatic nitrogens is 1. The Morgan fingerprint density at radius 2 is 1.88 bits per heavy atom. The fourth-order valence-electron chi connectivity index (χ4n) is 1.91. The topological polar surface area (TPSA) is 28.2 Å². The van der Waals surface area contributed by atoms with Crippen molar-refractivity contribution in [2.24, 2.45) is 0 Å². The van der Waals surface area contributed by atoms with E-state index in [1.807, 2.05) is 0 Å². The molecule has 1 aromatic rings. The molecule has 0 amide bonds. The summed E-state index contributed by atoms with van der Waals surface area (Å²) in [7, 11) is 0. The lowest BCUT2D eigenvalue weighted by atomic mass is 10.4. The van der Waals surface area contributed by atoms with Crippen LogP contribution in [0.15, 0.2) is 6.07 Å². The Kier molecular flexibility index (Phi) is 3.83. The molecular weight excluding hydrogens is 231 g/mol. The quantitative estimate of drug-likeness (QED) is 0.822. The molecule has 3 nitrogen and oxygen atoms in total. The van der Waals surface area contributed by atoms with Crippen molar-refractivity contribution in [1.29, 1.82) is 0 Å². The van der Waals surface area contributed by atoms with Crippen LogP contribution in [-0.2, 0) is 0 Å². The van der Waals surface area contributed by atoms with Gasteiger partial charge in [-0.15, -0.1) is 0 Å². The average molecular weight is 245 g/mol. The van der Waals surface area contributed by atoms with Crippen molar-refractivity contribution < 1.29 is 13.2 Å². The predicted octanol–water partition coefficient (Wildman–Crippen LogP) is 2.01. The van der Waals surface area contributed by atoms with E-state index in [-0.39, 0.29) is 5.82 Å². The Bertz CT molecular complexity index is 392. The van der Waals surface area contributed by atoms with Gasteiger partial charge in [0.1, 0.15) is 0 Å². The number of anilines is 1. The van der Waals surface area contributed by atoms with E-state index in [2.05, 4.69) is 15.2 Å². The normalized spacial score (nSPS) is 16.4. The monoisotopic (exact) mass is 245 g/mol. The molecule has 0 unspecified atom stereocenters. The van der Waals surface area contributed by atoms with Gasteiger partial charge >= 0.3 is 0 Å². The highest BCUT2D eigenvalue weighted by molar-refractivity contribution is 5.36. The maximum absolute atomic E-state index is 13.2. The zero-order valence-electron chi connectivity index (χ0n) is 9.35. The van der Waals surface area contributed by atoms with E-state index in [1.54, 1.807) is 0 Å². The first-order chi connectivity index (χ1) is 8.16. The van der Waals surface area contributed by atoms with Gasteiger partial charge in [0, 0.05) is 19.2 Å². The van der Waals surface area contributed by atoms with Crippen molar-refractivity contribution >= 4 is 5.82 Å². The minimum absolute atomic E-state index is 0.233. The van der Waals surface area contributed by atoms with Crippen molar-refractivity contribution in [3.05, 3.63) is 23.6 Å². The summed E-state index contributed by atoms with van der Waals surface area (Å²) in [6.45, 7) is 3.29. The van der Waals surface area contributed by atoms with Gasteiger partial charge in [0.15, 0.2) is 17.5 Å². The van der Waals surface area contributed by atoms with Gasteiger partial charge in [-0.1, -0.05) is 0 Å². The van der Waals surface area contributed by atoms with Crippen molar-refractivity contribution in [3.8, 4) is 0 Å². The lowest BCUT2D eigenvalue weighted by molar-refractivity contribution is 0.352. The van der Waals surface area contributed by atoms with E-state index in [0.29, 0.717) is 12.6 Å². The summed E-state index contributed by atoms with van der Waals surface area (Å²) in [4.78, 5) is 5.42. The van der Waals surface area contributed by atoms with Crippen LogP contribution >= 0.6 is 0 Å². The standard InChI is InChI=1S/C11H14F3N3/c12-8-7-9(13)11(16-10(8)14)15-3-6-17-4-1-2-5-17/h7H,1-6H2,(H,15,16). The van der Waals surface area contributed by atoms with Gasteiger partial charge in [0.05, 0.1) is 0 Å². The van der Waals surface area contributed by atoms with Gasteiger partial charge in [-0.05, 0) is 25.9 Å². The molecule has 1 aromatic heterocycles. The Hall–Kier alpha value is -1.30. The highest BCUT2D eigenvalue weighted by Gasteiger charge is 2.13. The Morgan fingerprint density at radius 3 is 2.59 bits per heavy atom. The van der Waals surface area contributed by atoms with E-state index in [9.17, 15) is 13.2 Å². The Morgan fingerprint density at radius 1 is 1.18 bits per heavy atom. The first-order valence-electron chi connectivity index (χ1n) is 5.64. The molecule has 0 radical (unpaired) electrons. The number of pyridine rings is 1. The molecule has 0 atom stereocenters. The molecule has 1 aliphatic heterocycles. The number of likely N-dealkylation sites (tertiary alicyclic amines) is 1. The summed E-state index contributed by atoms with van der Waals surface area (Å²) in [6.07, 6.45) is 2.36. The van der Waals surface area contributed by atoms with E-state index in [4.69, 9.17) is 0 Å². The maximum atomic E-state index is 13.2. The smallest absolute Gasteiger partial charge is 0.251 e. The van der Waals surface area contributed by atoms with E-state index in [1.165, 1.54) is 12.8 Å². The van der Waals surface area contributed by atoms with Crippen molar-refractivity contribution in [3.63, 3.8) is 0 Å². The molecule has 2 rings (SSSR count).